The summed E-state index contributed by atoms with van der Waals surface area (Å²) in [5.74, 6) is 0. The molecule has 1 unspecified atom stereocenters. The zero-order valence-electron chi connectivity index (χ0n) is 7.59. The van der Waals surface area contributed by atoms with Gasteiger partial charge in [-0.2, -0.15) is 0 Å². The topological polar surface area (TPSA) is 20.2 Å². The molecular weight excluding hydrogens is 136 g/mol. The summed E-state index contributed by atoms with van der Waals surface area (Å²) in [5.41, 5.74) is 0.462. The van der Waals surface area contributed by atoms with E-state index in [9.17, 15) is 5.11 Å². The van der Waals surface area contributed by atoms with Crippen LogP contribution in [0.15, 0.2) is 17.7 Å². The standard InChI is InChI=1S/C10H17O/c1-5-10(4,11)8-6-7-9(2)3/h1,5,7,11H,6,8H2,2-4H3/q+1. The zero-order valence-corrected chi connectivity index (χ0v) is 7.59. The molecule has 0 aromatic heterocycles. The third-order valence-corrected chi connectivity index (χ3v) is 1.56. The Hall–Kier alpha value is -0.650. The van der Waals surface area contributed by atoms with Crippen LogP contribution in [0, 0.1) is 6.58 Å². The lowest BCUT2D eigenvalue weighted by Crippen LogP contribution is -2.19. The van der Waals surface area contributed by atoms with Gasteiger partial charge in [0.05, 0.1) is 0 Å². The molecule has 0 saturated carbocycles. The molecule has 1 atom stereocenters. The molecule has 0 spiro atoms. The van der Waals surface area contributed by atoms with Gasteiger partial charge in [0.1, 0.15) is 5.60 Å². The maximum absolute atomic E-state index is 9.43. The van der Waals surface area contributed by atoms with Crippen LogP contribution in [0.3, 0.4) is 0 Å². The Morgan fingerprint density at radius 1 is 1.55 bits per heavy atom. The summed E-state index contributed by atoms with van der Waals surface area (Å²) >= 11 is 0. The number of hydrogen-bond donors (Lipinski definition) is 1. The minimum absolute atomic E-state index is 0.689. The lowest BCUT2D eigenvalue weighted by molar-refractivity contribution is 0.103. The fourth-order valence-electron chi connectivity index (χ4n) is 0.736. The molecule has 62 valence electrons. The molecule has 11 heavy (non-hydrogen) atoms. The average Bonchev–Trinajstić information content (AvgIpc) is 1.87. The largest absolute Gasteiger partial charge is 0.381 e. The molecule has 0 aliphatic rings. The van der Waals surface area contributed by atoms with Crippen molar-refractivity contribution in [3.8, 4) is 0 Å². The number of aliphatic hydroxyl groups is 1. The summed E-state index contributed by atoms with van der Waals surface area (Å²) in [6.07, 6.45) is 5.00. The highest BCUT2D eigenvalue weighted by Gasteiger charge is 2.18. The van der Waals surface area contributed by atoms with Crippen LogP contribution in [-0.2, 0) is 0 Å². The molecule has 0 saturated heterocycles. The van der Waals surface area contributed by atoms with Gasteiger partial charge >= 0.3 is 0 Å². The molecule has 1 nitrogen and oxygen atoms in total. The molecule has 0 rings (SSSR count). The number of hydrogen-bond acceptors (Lipinski definition) is 1. The van der Waals surface area contributed by atoms with Crippen LogP contribution in [0.2, 0.25) is 0 Å². The predicted octanol–water partition coefficient (Wildman–Crippen LogP) is 2.47. The van der Waals surface area contributed by atoms with Gasteiger partial charge in [0.25, 0.3) is 0 Å². The second-order valence-electron chi connectivity index (χ2n) is 3.34. The van der Waals surface area contributed by atoms with Crippen LogP contribution in [0.4, 0.5) is 0 Å². The van der Waals surface area contributed by atoms with Gasteiger partial charge in [-0.05, 0) is 33.6 Å². The Balaban J connectivity index is 3.71. The second-order valence-corrected chi connectivity index (χ2v) is 3.34. The maximum atomic E-state index is 9.43. The van der Waals surface area contributed by atoms with E-state index in [1.165, 1.54) is 11.6 Å². The molecule has 0 aliphatic carbocycles. The van der Waals surface area contributed by atoms with Gasteiger partial charge in [-0.15, -0.1) is 0 Å². The van der Waals surface area contributed by atoms with Crippen LogP contribution in [0.25, 0.3) is 0 Å². The Labute approximate surface area is 69.4 Å². The minimum Gasteiger partial charge on any atom is -0.381 e. The summed E-state index contributed by atoms with van der Waals surface area (Å²) in [5, 5.41) is 9.43. The van der Waals surface area contributed by atoms with Crippen molar-refractivity contribution < 1.29 is 5.11 Å². The van der Waals surface area contributed by atoms with Crippen LogP contribution in [0.5, 0.6) is 0 Å². The molecule has 0 radical (unpaired) electrons. The van der Waals surface area contributed by atoms with Gasteiger partial charge in [0, 0.05) is 0 Å². The smallest absolute Gasteiger partial charge is 0.204 e. The third kappa shape index (κ3) is 5.78. The molecule has 0 aromatic rings. The first-order chi connectivity index (χ1) is 4.98. The number of rotatable bonds is 4. The van der Waals surface area contributed by atoms with E-state index in [0.717, 1.165) is 6.42 Å². The highest BCUT2D eigenvalue weighted by molar-refractivity contribution is 4.97. The fraction of sp³-hybridized carbons (Fsp3) is 0.600. The first kappa shape index (κ1) is 10.3. The molecule has 1 N–H and O–H groups in total. The van der Waals surface area contributed by atoms with Crippen molar-refractivity contribution in [2.45, 2.75) is 39.2 Å². The average molecular weight is 153 g/mol. The molecule has 0 aromatic carbocycles. The molecule has 0 bridgehead atoms. The molecule has 0 heterocycles. The minimum atomic E-state index is -0.814. The summed E-state index contributed by atoms with van der Waals surface area (Å²) in [6, 6.07) is 0. The van der Waals surface area contributed by atoms with Gasteiger partial charge in [-0.25, -0.2) is 0 Å². The van der Waals surface area contributed by atoms with Crippen molar-refractivity contribution in [3.05, 3.63) is 24.3 Å². The van der Waals surface area contributed by atoms with E-state index in [0.29, 0.717) is 6.42 Å². The van der Waals surface area contributed by atoms with Crippen molar-refractivity contribution in [2.75, 3.05) is 0 Å². The van der Waals surface area contributed by atoms with Crippen molar-refractivity contribution in [1.29, 1.82) is 0 Å². The monoisotopic (exact) mass is 153 g/mol. The molecule has 1 heteroatoms. The van der Waals surface area contributed by atoms with Crippen LogP contribution in [0.1, 0.15) is 33.6 Å². The van der Waals surface area contributed by atoms with Gasteiger partial charge in [-0.3, -0.25) is 0 Å². The third-order valence-electron chi connectivity index (χ3n) is 1.56. The summed E-state index contributed by atoms with van der Waals surface area (Å²) in [4.78, 5) is 0. The Morgan fingerprint density at radius 3 is 2.45 bits per heavy atom. The van der Waals surface area contributed by atoms with Crippen molar-refractivity contribution in [1.82, 2.24) is 0 Å². The Morgan fingerprint density at radius 2 is 2.09 bits per heavy atom. The lowest BCUT2D eigenvalue weighted by Gasteiger charge is -2.11. The van der Waals surface area contributed by atoms with E-state index in [-0.39, 0.29) is 0 Å². The Kier molecular flexibility index (Phi) is 4.02. The quantitative estimate of drug-likeness (QED) is 0.486. The SMILES string of the molecule is [CH+]=CC(C)(O)CCC=C(C)C. The highest BCUT2D eigenvalue weighted by atomic mass is 16.3. The summed E-state index contributed by atoms with van der Waals surface area (Å²) < 4.78 is 0. The van der Waals surface area contributed by atoms with Gasteiger partial charge < -0.3 is 5.11 Å². The van der Waals surface area contributed by atoms with E-state index in [4.69, 9.17) is 6.58 Å². The first-order valence-corrected chi connectivity index (χ1v) is 3.90. The normalized spacial score (nSPS) is 15.2. The summed E-state index contributed by atoms with van der Waals surface area (Å²) in [6.45, 7) is 11.0. The second kappa shape index (κ2) is 4.27. The van der Waals surface area contributed by atoms with E-state index < -0.39 is 5.60 Å². The fourth-order valence-corrected chi connectivity index (χ4v) is 0.736. The highest BCUT2D eigenvalue weighted by Crippen LogP contribution is 2.13. The molecule has 0 amide bonds. The van der Waals surface area contributed by atoms with Crippen molar-refractivity contribution >= 4 is 0 Å². The summed E-state index contributed by atoms with van der Waals surface area (Å²) in [7, 11) is 0. The Bertz CT molecular complexity index is 150. The van der Waals surface area contributed by atoms with E-state index in [2.05, 4.69) is 6.08 Å². The predicted molar refractivity (Wildman–Crippen MR) is 48.2 cm³/mol. The van der Waals surface area contributed by atoms with E-state index in [1.807, 2.05) is 13.8 Å². The van der Waals surface area contributed by atoms with Crippen LogP contribution < -0.4 is 0 Å². The number of allylic oxidation sites excluding steroid dienone is 2. The molecule has 0 aliphatic heterocycles. The van der Waals surface area contributed by atoms with Crippen molar-refractivity contribution in [3.63, 3.8) is 0 Å². The molecular formula is C10H17O+. The van der Waals surface area contributed by atoms with Gasteiger partial charge in [-0.1, -0.05) is 11.6 Å². The maximum Gasteiger partial charge on any atom is 0.204 e. The van der Waals surface area contributed by atoms with Gasteiger partial charge in [0.2, 0.25) is 6.58 Å². The zero-order chi connectivity index (χ0) is 8.91. The van der Waals surface area contributed by atoms with E-state index in [1.54, 1.807) is 6.92 Å². The van der Waals surface area contributed by atoms with Gasteiger partial charge in [0.15, 0.2) is 6.08 Å². The molecule has 0 fully saturated rings. The van der Waals surface area contributed by atoms with Crippen LogP contribution >= 0.6 is 0 Å². The van der Waals surface area contributed by atoms with Crippen molar-refractivity contribution in [2.24, 2.45) is 0 Å². The first-order valence-electron chi connectivity index (χ1n) is 3.90. The van der Waals surface area contributed by atoms with E-state index >= 15 is 0 Å². The lowest BCUT2D eigenvalue weighted by atomic mass is 10.00. The van der Waals surface area contributed by atoms with Crippen LogP contribution in [-0.4, -0.2) is 10.7 Å².